The smallest absolute Gasteiger partial charge is 0.0620 e. The molecule has 0 saturated carbocycles. The van der Waals surface area contributed by atoms with Gasteiger partial charge in [-0.25, -0.2) is 0 Å². The third kappa shape index (κ3) is 5.78. The van der Waals surface area contributed by atoms with Crippen LogP contribution in [-0.4, -0.2) is 9.13 Å². The van der Waals surface area contributed by atoms with Crippen LogP contribution < -0.4 is 4.90 Å². The highest BCUT2D eigenvalue weighted by Crippen LogP contribution is 2.46. The Labute approximate surface area is 387 Å². The molecule has 0 saturated heterocycles. The lowest BCUT2D eigenvalue weighted by Gasteiger charge is -2.25. The maximum atomic E-state index is 2.49. The van der Waals surface area contributed by atoms with Crippen LogP contribution in [-0.2, 0) is 0 Å². The van der Waals surface area contributed by atoms with Crippen LogP contribution in [0.1, 0.15) is 0 Å². The zero-order valence-electron chi connectivity index (χ0n) is 36.5. The first-order valence-electron chi connectivity index (χ1n) is 23.1. The molecule has 12 aromatic carbocycles. The van der Waals surface area contributed by atoms with E-state index in [2.05, 4.69) is 263 Å². The summed E-state index contributed by atoms with van der Waals surface area (Å²) < 4.78 is 4.87. The fourth-order valence-electron chi connectivity index (χ4n) is 11.1. The van der Waals surface area contributed by atoms with Crippen molar-refractivity contribution in [2.75, 3.05) is 4.90 Å². The Morgan fingerprint density at radius 1 is 0.269 bits per heavy atom. The molecule has 0 aliphatic rings. The molecule has 0 bridgehead atoms. The van der Waals surface area contributed by atoms with Crippen molar-refractivity contribution < 1.29 is 0 Å². The van der Waals surface area contributed by atoms with Gasteiger partial charge in [0.15, 0.2) is 0 Å². The zero-order chi connectivity index (χ0) is 44.0. The molecule has 0 radical (unpaired) electrons. The van der Waals surface area contributed by atoms with Crippen LogP contribution in [0.3, 0.4) is 0 Å². The molecule has 14 rings (SSSR count). The van der Waals surface area contributed by atoms with Crippen LogP contribution in [0.2, 0.25) is 0 Å². The minimum atomic E-state index is 1.12. The van der Waals surface area contributed by atoms with Gasteiger partial charge in [-0.2, -0.15) is 0 Å². The van der Waals surface area contributed by atoms with Gasteiger partial charge in [-0.3, -0.25) is 0 Å². The second kappa shape index (κ2) is 14.8. The second-order valence-corrected chi connectivity index (χ2v) is 17.7. The van der Waals surface area contributed by atoms with E-state index in [4.69, 9.17) is 0 Å². The van der Waals surface area contributed by atoms with Crippen molar-refractivity contribution in [1.29, 1.82) is 0 Å². The Kier molecular flexibility index (Phi) is 8.28. The topological polar surface area (TPSA) is 13.1 Å². The number of hydrogen-bond acceptors (Lipinski definition) is 1. The summed E-state index contributed by atoms with van der Waals surface area (Å²) in [5, 5.41) is 12.7. The van der Waals surface area contributed by atoms with E-state index in [-0.39, 0.29) is 0 Å². The molecule has 312 valence electrons. The third-order valence-electron chi connectivity index (χ3n) is 14.0. The SMILES string of the molecule is c1ccc(N(c2ccccc2)c2ccc(-c3ccc4ccc5c6c(ccc3c46)cc3c4cc(-c6ccc7c(c6)c6ccccc6n7-c6ccccc6)ccc4n(-c4ccccc4)c35)cc2)cc1. The van der Waals surface area contributed by atoms with Crippen molar-refractivity contribution in [3.63, 3.8) is 0 Å². The third-order valence-corrected chi connectivity index (χ3v) is 14.0. The lowest BCUT2D eigenvalue weighted by atomic mass is 9.88. The molecule has 0 aliphatic heterocycles. The molecule has 14 aromatic rings. The van der Waals surface area contributed by atoms with Crippen LogP contribution >= 0.6 is 0 Å². The van der Waals surface area contributed by atoms with Crippen molar-refractivity contribution >= 4 is 93.0 Å². The molecule has 0 spiro atoms. The number of hydrogen-bond donors (Lipinski definition) is 0. The van der Waals surface area contributed by atoms with E-state index in [9.17, 15) is 0 Å². The molecule has 0 fully saturated rings. The molecular formula is C64H41N3. The van der Waals surface area contributed by atoms with Gasteiger partial charge in [0.2, 0.25) is 0 Å². The van der Waals surface area contributed by atoms with E-state index in [1.807, 2.05) is 0 Å². The van der Waals surface area contributed by atoms with Crippen LogP contribution in [0.15, 0.2) is 249 Å². The molecule has 2 aromatic heterocycles. The average Bonchev–Trinajstić information content (AvgIpc) is 3.91. The fraction of sp³-hybridized carbons (Fsp3) is 0. The summed E-state index contributed by atoms with van der Waals surface area (Å²) >= 11 is 0. The maximum absolute atomic E-state index is 2.49. The van der Waals surface area contributed by atoms with Gasteiger partial charge in [0.1, 0.15) is 0 Å². The number of anilines is 3. The number of nitrogens with zero attached hydrogens (tertiary/aromatic N) is 3. The molecule has 0 N–H and O–H groups in total. The zero-order valence-corrected chi connectivity index (χ0v) is 36.5. The van der Waals surface area contributed by atoms with Gasteiger partial charge < -0.3 is 14.0 Å². The van der Waals surface area contributed by atoms with Crippen LogP contribution in [0, 0.1) is 0 Å². The quantitative estimate of drug-likeness (QED) is 0.146. The predicted molar refractivity (Wildman–Crippen MR) is 284 cm³/mol. The largest absolute Gasteiger partial charge is 0.311 e. The van der Waals surface area contributed by atoms with Crippen molar-refractivity contribution in [3.8, 4) is 33.6 Å². The Balaban J connectivity index is 0.945. The van der Waals surface area contributed by atoms with Crippen LogP contribution in [0.4, 0.5) is 17.1 Å². The number of rotatable bonds is 7. The summed E-state index contributed by atoms with van der Waals surface area (Å²) in [6.45, 7) is 0. The van der Waals surface area contributed by atoms with E-state index < -0.39 is 0 Å². The van der Waals surface area contributed by atoms with Crippen molar-refractivity contribution in [3.05, 3.63) is 249 Å². The standard InChI is InChI=1S/C64H41N3/c1-5-15-47(16-6-1)65(48-17-7-2-8-18-48)51-32-25-42(26-33-51)52-34-27-43-28-36-55-63-46(29-35-54(52)62(43)63)41-58-57-40-45(31-38-61(57)67(64(55)58)50-21-11-4-12-22-50)44-30-37-60-56(39-44)53-23-13-14-24-59(53)66(60)49-19-9-3-10-20-49/h1-41H. The first-order valence-corrected chi connectivity index (χ1v) is 23.1. The fourth-order valence-corrected chi connectivity index (χ4v) is 11.1. The van der Waals surface area contributed by atoms with E-state index in [0.717, 1.165) is 22.7 Å². The molecular weight excluding hydrogens is 811 g/mol. The summed E-state index contributed by atoms with van der Waals surface area (Å²) in [5.74, 6) is 0. The molecule has 67 heavy (non-hydrogen) atoms. The first-order chi connectivity index (χ1) is 33.2. The van der Waals surface area contributed by atoms with Gasteiger partial charge in [0, 0.05) is 55.4 Å². The van der Waals surface area contributed by atoms with Gasteiger partial charge in [0.25, 0.3) is 0 Å². The summed E-state index contributed by atoms with van der Waals surface area (Å²) in [4.78, 5) is 2.32. The van der Waals surface area contributed by atoms with E-state index in [0.29, 0.717) is 0 Å². The summed E-state index contributed by atoms with van der Waals surface area (Å²) in [7, 11) is 0. The number of para-hydroxylation sites is 5. The molecule has 0 unspecified atom stereocenters. The Hall–Kier alpha value is -8.92. The molecule has 3 heteroatoms. The minimum absolute atomic E-state index is 1.12. The highest BCUT2D eigenvalue weighted by molar-refractivity contribution is 6.33. The van der Waals surface area contributed by atoms with Crippen molar-refractivity contribution in [1.82, 2.24) is 9.13 Å². The van der Waals surface area contributed by atoms with Crippen molar-refractivity contribution in [2.45, 2.75) is 0 Å². The molecule has 3 nitrogen and oxygen atoms in total. The summed E-state index contributed by atoms with van der Waals surface area (Å²) in [5.41, 5.74) is 15.4. The second-order valence-electron chi connectivity index (χ2n) is 17.7. The highest BCUT2D eigenvalue weighted by atomic mass is 15.1. The molecule has 2 heterocycles. The van der Waals surface area contributed by atoms with E-state index in [1.54, 1.807) is 0 Å². The molecule has 0 atom stereocenters. The Morgan fingerprint density at radius 2 is 0.746 bits per heavy atom. The van der Waals surface area contributed by atoms with E-state index in [1.165, 1.54) is 104 Å². The Bertz CT molecular complexity index is 4130. The average molecular weight is 852 g/mol. The van der Waals surface area contributed by atoms with Gasteiger partial charge in [-0.15, -0.1) is 0 Å². The van der Waals surface area contributed by atoms with Gasteiger partial charge in [-0.1, -0.05) is 152 Å². The summed E-state index contributed by atoms with van der Waals surface area (Å²) in [6.07, 6.45) is 0. The normalized spacial score (nSPS) is 11.9. The summed E-state index contributed by atoms with van der Waals surface area (Å²) in [6, 6.07) is 91.1. The van der Waals surface area contributed by atoms with Crippen molar-refractivity contribution in [2.24, 2.45) is 0 Å². The Morgan fingerprint density at radius 3 is 1.42 bits per heavy atom. The lowest BCUT2D eigenvalue weighted by molar-refractivity contribution is 1.18. The molecule has 0 amide bonds. The van der Waals surface area contributed by atoms with Gasteiger partial charge in [0.05, 0.1) is 22.1 Å². The number of benzene rings is 12. The van der Waals surface area contributed by atoms with Gasteiger partial charge >= 0.3 is 0 Å². The minimum Gasteiger partial charge on any atom is -0.311 e. The van der Waals surface area contributed by atoms with Gasteiger partial charge in [-0.05, 0) is 146 Å². The monoisotopic (exact) mass is 851 g/mol. The lowest BCUT2D eigenvalue weighted by Crippen LogP contribution is -2.09. The first kappa shape index (κ1) is 37.5. The highest BCUT2D eigenvalue weighted by Gasteiger charge is 2.22. The predicted octanol–water partition coefficient (Wildman–Crippen LogP) is 17.6. The van der Waals surface area contributed by atoms with Crippen LogP contribution in [0.25, 0.3) is 110 Å². The van der Waals surface area contributed by atoms with Crippen LogP contribution in [0.5, 0.6) is 0 Å². The number of aromatic nitrogens is 2. The number of fused-ring (bicyclic) bond motifs is 7. The van der Waals surface area contributed by atoms with E-state index >= 15 is 0 Å². The maximum Gasteiger partial charge on any atom is 0.0620 e. The molecule has 0 aliphatic carbocycles.